The molecule has 86 heavy (non-hydrogen) atoms. The zero-order chi connectivity index (χ0) is 56.1. The zero-order valence-corrected chi connectivity index (χ0v) is 46.9. The molecule has 0 amide bonds. The molecule has 2 atom stereocenters. The molecule has 6 nitrogen and oxygen atoms in total. The topological polar surface area (TPSA) is 22.8 Å². The normalized spacial score (nSPS) is 15.9. The molecule has 8 heteroatoms. The van der Waals surface area contributed by atoms with Crippen LogP contribution in [0.4, 0.5) is 62.6 Å². The maximum atomic E-state index is 2.67. The van der Waals surface area contributed by atoms with Crippen molar-refractivity contribution in [2.45, 2.75) is 11.9 Å². The van der Waals surface area contributed by atoms with E-state index in [0.29, 0.717) is 0 Å². The second-order valence-corrected chi connectivity index (χ2v) is 23.5. The first kappa shape index (κ1) is 47.5. The summed E-state index contributed by atoms with van der Waals surface area (Å²) in [5.74, 6) is 0.0953. The summed E-state index contributed by atoms with van der Waals surface area (Å²) in [7, 11) is 0. The first-order chi connectivity index (χ1) is 42.7. The van der Waals surface area contributed by atoms with E-state index >= 15 is 0 Å². The zero-order valence-electron chi connectivity index (χ0n) is 46.9. The van der Waals surface area contributed by atoms with E-state index in [2.05, 4.69) is 332 Å². The van der Waals surface area contributed by atoms with E-state index in [0.717, 1.165) is 34.1 Å². The van der Waals surface area contributed by atoms with Gasteiger partial charge in [-0.25, -0.2) is 0 Å². The van der Waals surface area contributed by atoms with Crippen LogP contribution in [0.2, 0.25) is 5.82 Å². The van der Waals surface area contributed by atoms with E-state index in [1.54, 1.807) is 0 Å². The number of para-hydroxylation sites is 9. The van der Waals surface area contributed by atoms with E-state index in [-0.39, 0.29) is 25.3 Å². The van der Waals surface area contributed by atoms with Gasteiger partial charge in [0.2, 0.25) is 6.71 Å². The summed E-state index contributed by atoms with van der Waals surface area (Å²) in [5.41, 5.74) is 26.3. The fourth-order valence-electron chi connectivity index (χ4n) is 15.9. The number of rotatable bonds is 6. The smallest absolute Gasteiger partial charge is 0.252 e. The molecular weight excluding hydrogens is 1040 g/mol. The molecule has 0 spiro atoms. The molecule has 0 bridgehead atoms. The highest BCUT2D eigenvalue weighted by Crippen LogP contribution is 2.52. The lowest BCUT2D eigenvalue weighted by atomic mass is 9.27. The van der Waals surface area contributed by atoms with Crippen molar-refractivity contribution in [1.82, 2.24) is 9.13 Å². The average Bonchev–Trinajstić information content (AvgIpc) is 0.817. The van der Waals surface area contributed by atoms with E-state index in [1.165, 1.54) is 111 Å². The Kier molecular flexibility index (Phi) is 10.1. The number of allylic oxidation sites excluding steroid dienone is 2. The molecular formula is C78H52B2N6. The summed E-state index contributed by atoms with van der Waals surface area (Å²) in [6.45, 7) is -0.128. The molecule has 400 valence electrons. The van der Waals surface area contributed by atoms with Crippen LogP contribution in [0.5, 0.6) is 0 Å². The Morgan fingerprint density at radius 3 is 1.17 bits per heavy atom. The van der Waals surface area contributed by atoms with Gasteiger partial charge in [0.15, 0.2) is 0 Å². The van der Waals surface area contributed by atoms with E-state index < -0.39 is 0 Å². The molecule has 0 N–H and O–H groups in total. The lowest BCUT2D eigenvalue weighted by molar-refractivity contribution is 0.765. The van der Waals surface area contributed by atoms with Gasteiger partial charge in [0.1, 0.15) is 0 Å². The van der Waals surface area contributed by atoms with E-state index in [1.807, 2.05) is 0 Å². The standard InChI is InChI=1S/C78H52B2N6/c1-5-25-51(26-6-1)81-69-43-23-17-37-61(69)79-63-49-64-72(50-71(63)83(53-29-9-3-10-30-53)75-47-55(45-73(81)77(75)79)85-65-39-19-13-33-57(65)58-34-14-20-40-66(58)85)84(54-31-11-4-12-32-54)76-48-56(86-67-41-21-15-35-59(67)60-36-16-22-42-68(60)86)46-74-78(76)80(64)62-38-18-24-44-70(62)82(74)52-27-7-2-8-28-52/h1-50,61,69H. The van der Waals surface area contributed by atoms with Crippen molar-refractivity contribution in [2.75, 3.05) is 19.6 Å². The van der Waals surface area contributed by atoms with Gasteiger partial charge in [-0.15, -0.1) is 0 Å². The van der Waals surface area contributed by atoms with Crippen molar-refractivity contribution in [3.63, 3.8) is 0 Å². The molecule has 14 aromatic rings. The number of nitrogens with zero attached hydrogens (tertiary/aromatic N) is 6. The van der Waals surface area contributed by atoms with Crippen molar-refractivity contribution in [3.8, 4) is 11.4 Å². The number of hydrogen-bond acceptors (Lipinski definition) is 4. The Morgan fingerprint density at radius 2 is 0.663 bits per heavy atom. The maximum absolute atomic E-state index is 2.67. The minimum Gasteiger partial charge on any atom is -0.335 e. The Labute approximate surface area is 499 Å². The van der Waals surface area contributed by atoms with Crippen LogP contribution in [0.15, 0.2) is 303 Å². The molecule has 2 unspecified atom stereocenters. The van der Waals surface area contributed by atoms with Gasteiger partial charge in [0.25, 0.3) is 6.71 Å². The molecule has 2 aromatic heterocycles. The van der Waals surface area contributed by atoms with Gasteiger partial charge in [0.05, 0.1) is 39.5 Å². The second-order valence-electron chi connectivity index (χ2n) is 23.5. The van der Waals surface area contributed by atoms with Crippen LogP contribution in [0.25, 0.3) is 55.0 Å². The Hall–Kier alpha value is -11.0. The first-order valence-corrected chi connectivity index (χ1v) is 30.1. The molecule has 0 fully saturated rings. The summed E-state index contributed by atoms with van der Waals surface area (Å²) in [5, 5.41) is 4.96. The summed E-state index contributed by atoms with van der Waals surface area (Å²) < 4.78 is 5.00. The molecule has 12 aromatic carbocycles. The average molecular weight is 1090 g/mol. The van der Waals surface area contributed by atoms with E-state index in [9.17, 15) is 0 Å². The molecule has 0 saturated carbocycles. The molecule has 1 aliphatic carbocycles. The lowest BCUT2D eigenvalue weighted by Crippen LogP contribution is -2.65. The summed E-state index contributed by atoms with van der Waals surface area (Å²) in [6, 6.07) is 105. The summed E-state index contributed by atoms with van der Waals surface area (Å²) >= 11 is 0. The molecule has 5 aliphatic rings. The summed E-state index contributed by atoms with van der Waals surface area (Å²) in [4.78, 5) is 10.4. The third-order valence-electron chi connectivity index (χ3n) is 19.2. The van der Waals surface area contributed by atoms with Crippen molar-refractivity contribution >= 4 is 147 Å². The molecule has 6 heterocycles. The van der Waals surface area contributed by atoms with Crippen LogP contribution in [0.1, 0.15) is 0 Å². The fraction of sp³-hybridized carbons (Fsp3) is 0.0256. The van der Waals surface area contributed by atoms with E-state index in [4.69, 9.17) is 0 Å². The van der Waals surface area contributed by atoms with Crippen molar-refractivity contribution < 1.29 is 0 Å². The fourth-order valence-corrected chi connectivity index (χ4v) is 15.9. The van der Waals surface area contributed by atoms with Gasteiger partial charge in [-0.2, -0.15) is 0 Å². The summed E-state index contributed by atoms with van der Waals surface area (Å²) in [6.07, 6.45) is 9.54. The van der Waals surface area contributed by atoms with Gasteiger partial charge in [-0.05, 0) is 137 Å². The maximum Gasteiger partial charge on any atom is 0.252 e. The van der Waals surface area contributed by atoms with Gasteiger partial charge >= 0.3 is 0 Å². The lowest BCUT2D eigenvalue weighted by Gasteiger charge is -2.51. The van der Waals surface area contributed by atoms with Crippen LogP contribution in [-0.4, -0.2) is 28.6 Å². The molecule has 0 radical (unpaired) electrons. The number of anilines is 11. The minimum atomic E-state index is -0.116. The SMILES string of the molecule is C1=CC2B3c4cc5c(cc4N(c4ccccc4)c4cc(-n6c7ccccc7c7ccccc76)cc(c43)N(c3ccccc3)C2C=C1)N(c1ccccc1)c1cc(-n2c3ccccc3c3ccccc32)cc2c1B5c1ccccc1N2c1ccccc1. The largest absolute Gasteiger partial charge is 0.335 e. The predicted molar refractivity (Wildman–Crippen MR) is 363 cm³/mol. The highest BCUT2D eigenvalue weighted by Gasteiger charge is 2.51. The van der Waals surface area contributed by atoms with Crippen LogP contribution in [-0.2, 0) is 0 Å². The number of fused-ring (bicyclic) bond motifs is 14. The third kappa shape index (κ3) is 6.64. The van der Waals surface area contributed by atoms with Crippen molar-refractivity contribution in [2.24, 2.45) is 0 Å². The third-order valence-corrected chi connectivity index (χ3v) is 19.2. The van der Waals surface area contributed by atoms with Gasteiger partial charge in [-0.3, -0.25) is 0 Å². The minimum absolute atomic E-state index is 0.0120. The Bertz CT molecular complexity index is 5080. The first-order valence-electron chi connectivity index (χ1n) is 30.1. The number of hydrogen-bond donors (Lipinski definition) is 0. The molecule has 4 aliphatic heterocycles. The van der Waals surface area contributed by atoms with Crippen LogP contribution >= 0.6 is 0 Å². The highest BCUT2D eigenvalue weighted by atomic mass is 15.2. The number of aromatic nitrogens is 2. The van der Waals surface area contributed by atoms with Crippen LogP contribution < -0.4 is 46.9 Å². The number of benzene rings is 12. The Balaban J connectivity index is 0.945. The molecule has 19 rings (SSSR count). The van der Waals surface area contributed by atoms with Gasteiger partial charge < -0.3 is 28.7 Å². The van der Waals surface area contributed by atoms with Crippen LogP contribution in [0, 0.1) is 0 Å². The van der Waals surface area contributed by atoms with Gasteiger partial charge in [0, 0.05) is 84.1 Å². The molecule has 0 saturated heterocycles. The monoisotopic (exact) mass is 1090 g/mol. The second kappa shape index (κ2) is 18.3. The highest BCUT2D eigenvalue weighted by molar-refractivity contribution is 7.01. The van der Waals surface area contributed by atoms with Gasteiger partial charge in [-0.1, -0.05) is 200 Å². The predicted octanol–water partition coefficient (Wildman–Crippen LogP) is 16.4. The van der Waals surface area contributed by atoms with Crippen LogP contribution in [0.3, 0.4) is 0 Å². The van der Waals surface area contributed by atoms with Crippen molar-refractivity contribution in [1.29, 1.82) is 0 Å². The quantitative estimate of drug-likeness (QED) is 0.155. The van der Waals surface area contributed by atoms with Crippen molar-refractivity contribution in [3.05, 3.63) is 303 Å². The Morgan fingerprint density at radius 1 is 0.267 bits per heavy atom.